The van der Waals surface area contributed by atoms with Gasteiger partial charge in [0.05, 0.1) is 18.6 Å². The molecule has 2 aliphatic heterocycles. The van der Waals surface area contributed by atoms with Crippen molar-refractivity contribution in [2.24, 2.45) is 0 Å². The van der Waals surface area contributed by atoms with Crippen LogP contribution in [0.2, 0.25) is 0 Å². The van der Waals surface area contributed by atoms with E-state index in [4.69, 9.17) is 32.5 Å². The van der Waals surface area contributed by atoms with Gasteiger partial charge in [0.1, 0.15) is 52.9 Å². The Balaban J connectivity index is 1.16. The molecule has 14 nitrogen and oxygen atoms in total. The van der Waals surface area contributed by atoms with Crippen molar-refractivity contribution < 1.29 is 41.9 Å². The molecule has 0 bridgehead atoms. The van der Waals surface area contributed by atoms with E-state index >= 15 is 0 Å². The molecule has 2 saturated heterocycles. The number of amides is 1. The molecular weight excluding hydrogens is 677 g/mol. The zero-order valence-electron chi connectivity index (χ0n) is 28.7. The van der Waals surface area contributed by atoms with Crippen LogP contribution in [0.4, 0.5) is 10.5 Å². The zero-order valence-corrected chi connectivity index (χ0v) is 29.6. The maximum Gasteiger partial charge on any atom is 0.587 e. The van der Waals surface area contributed by atoms with E-state index in [1.54, 1.807) is 92.3 Å². The van der Waals surface area contributed by atoms with Gasteiger partial charge in [-0.05, 0) is 65.0 Å². The molecule has 0 saturated carbocycles. The number of fused-ring (bicyclic) bond motifs is 2. The van der Waals surface area contributed by atoms with Gasteiger partial charge in [-0.2, -0.15) is 0 Å². The number of benzene rings is 3. The maximum absolute atomic E-state index is 14.1. The van der Waals surface area contributed by atoms with Gasteiger partial charge in [0, 0.05) is 5.56 Å². The number of rotatable bonds is 10. The van der Waals surface area contributed by atoms with Crippen LogP contribution in [0.1, 0.15) is 40.8 Å². The number of aromatic nitrogens is 4. The van der Waals surface area contributed by atoms with Crippen molar-refractivity contribution >= 4 is 30.8 Å². The van der Waals surface area contributed by atoms with Gasteiger partial charge in [0.15, 0.2) is 17.7 Å². The van der Waals surface area contributed by atoms with Gasteiger partial charge < -0.3 is 28.0 Å². The van der Waals surface area contributed by atoms with E-state index in [0.717, 1.165) is 0 Å². The summed E-state index contributed by atoms with van der Waals surface area (Å²) in [4.78, 5) is 26.4. The zero-order chi connectivity index (χ0) is 35.8. The molecule has 266 valence electrons. The lowest BCUT2D eigenvalue weighted by Crippen LogP contribution is -2.33. The molecule has 0 aliphatic carbocycles. The number of carbonyl (C=O) groups is 1. The number of nitrogens with one attached hydrogen (secondary N) is 1. The summed E-state index contributed by atoms with van der Waals surface area (Å²) >= 11 is 0. The number of imidazole rings is 1. The number of para-hydroxylation sites is 3. The summed E-state index contributed by atoms with van der Waals surface area (Å²) in [6.45, 7) is 8.78. The van der Waals surface area contributed by atoms with Gasteiger partial charge in [0.2, 0.25) is 0 Å². The van der Waals surface area contributed by atoms with E-state index in [-0.39, 0.29) is 6.61 Å². The van der Waals surface area contributed by atoms with Crippen LogP contribution < -0.4 is 14.4 Å². The fraction of sp³-hybridized carbons (Fsp3) is 0.333. The first-order chi connectivity index (χ1) is 24.4. The predicted molar refractivity (Wildman–Crippen MR) is 186 cm³/mol. The number of anilines is 1. The number of nitrogens with zero attached hydrogens (tertiary/aromatic N) is 4. The average Bonchev–Trinajstić information content (AvgIpc) is 3.74. The van der Waals surface area contributed by atoms with Crippen LogP contribution in [0.3, 0.4) is 0 Å². The highest BCUT2D eigenvalue weighted by atomic mass is 31.2. The van der Waals surface area contributed by atoms with Crippen molar-refractivity contribution in [3.8, 4) is 22.8 Å². The van der Waals surface area contributed by atoms with E-state index in [2.05, 4.69) is 20.3 Å². The molecule has 3 aromatic carbocycles. The van der Waals surface area contributed by atoms with Crippen molar-refractivity contribution in [3.63, 3.8) is 0 Å². The first-order valence-electron chi connectivity index (χ1n) is 16.4. The van der Waals surface area contributed by atoms with Gasteiger partial charge in [-0.25, -0.2) is 24.3 Å². The summed E-state index contributed by atoms with van der Waals surface area (Å²) in [5.41, 5.74) is 1.84. The van der Waals surface area contributed by atoms with Crippen LogP contribution in [0.25, 0.3) is 22.4 Å². The van der Waals surface area contributed by atoms with Gasteiger partial charge in [-0.3, -0.25) is 14.4 Å². The summed E-state index contributed by atoms with van der Waals surface area (Å²) in [6.07, 6.45) is -0.350. The number of phosphoric ester groups is 1. The van der Waals surface area contributed by atoms with Crippen molar-refractivity contribution in [1.29, 1.82) is 0 Å². The monoisotopic (exact) mass is 715 g/mol. The van der Waals surface area contributed by atoms with Crippen molar-refractivity contribution in [2.75, 3.05) is 11.9 Å². The highest BCUT2D eigenvalue weighted by Gasteiger charge is 2.57. The quantitative estimate of drug-likeness (QED) is 0.142. The number of ether oxygens (including phenoxy) is 4. The Labute approximate surface area is 294 Å². The lowest BCUT2D eigenvalue weighted by molar-refractivity contribution is -0.199. The minimum atomic E-state index is -4.23. The van der Waals surface area contributed by atoms with Crippen LogP contribution in [-0.4, -0.2) is 61.9 Å². The number of hydrogen-bond donors (Lipinski definition) is 1. The molecule has 7 rings (SSSR count). The molecular formula is C36H38N5O9P. The third kappa shape index (κ3) is 7.75. The van der Waals surface area contributed by atoms with E-state index in [0.29, 0.717) is 39.6 Å². The Morgan fingerprint density at radius 3 is 2.18 bits per heavy atom. The van der Waals surface area contributed by atoms with E-state index in [1.165, 1.54) is 6.33 Å². The summed E-state index contributed by atoms with van der Waals surface area (Å²) in [5, 5.41) is 2.82. The van der Waals surface area contributed by atoms with Crippen LogP contribution in [-0.2, 0) is 28.0 Å². The van der Waals surface area contributed by atoms with Crippen molar-refractivity contribution in [2.45, 2.75) is 70.5 Å². The Kier molecular flexibility index (Phi) is 9.29. The van der Waals surface area contributed by atoms with Gasteiger partial charge in [0.25, 0.3) is 0 Å². The molecule has 2 aliphatic rings. The normalized spacial score (nSPS) is 21.3. The molecule has 5 aromatic rings. The summed E-state index contributed by atoms with van der Waals surface area (Å²) < 4.78 is 58.0. The molecule has 0 spiro atoms. The molecule has 4 heterocycles. The third-order valence-electron chi connectivity index (χ3n) is 7.89. The van der Waals surface area contributed by atoms with E-state index in [1.807, 2.05) is 38.1 Å². The molecule has 2 aromatic heterocycles. The third-order valence-corrected chi connectivity index (χ3v) is 9.23. The summed E-state index contributed by atoms with van der Waals surface area (Å²) in [7, 11) is -4.23. The topological polar surface area (TPSA) is 154 Å². The Hall–Kier alpha value is -4.85. The van der Waals surface area contributed by atoms with Gasteiger partial charge in [-0.1, -0.05) is 54.6 Å². The molecule has 4 atom stereocenters. The molecule has 1 amide bonds. The van der Waals surface area contributed by atoms with Crippen LogP contribution in [0, 0.1) is 0 Å². The Bertz CT molecular complexity index is 2010. The lowest BCUT2D eigenvalue weighted by Gasteiger charge is -2.25. The predicted octanol–water partition coefficient (Wildman–Crippen LogP) is 7.54. The average molecular weight is 716 g/mol. The first-order valence-corrected chi connectivity index (χ1v) is 17.8. The minimum absolute atomic E-state index is 0.218. The number of hydrogen-bond acceptors (Lipinski definition) is 12. The smallest absolute Gasteiger partial charge is 0.444 e. The minimum Gasteiger partial charge on any atom is -0.444 e. The van der Waals surface area contributed by atoms with Crippen molar-refractivity contribution in [3.05, 3.63) is 97.6 Å². The first kappa shape index (κ1) is 34.6. The second kappa shape index (κ2) is 13.7. The highest BCUT2D eigenvalue weighted by Crippen LogP contribution is 2.51. The second-order valence-corrected chi connectivity index (χ2v) is 14.9. The molecule has 1 N–H and O–H groups in total. The highest BCUT2D eigenvalue weighted by molar-refractivity contribution is 7.49. The summed E-state index contributed by atoms with van der Waals surface area (Å²) in [6, 6.07) is 24.5. The fourth-order valence-electron chi connectivity index (χ4n) is 5.92. The largest absolute Gasteiger partial charge is 0.587 e. The van der Waals surface area contributed by atoms with Gasteiger partial charge >= 0.3 is 13.9 Å². The molecule has 15 heteroatoms. The van der Waals surface area contributed by atoms with Crippen LogP contribution >= 0.6 is 7.82 Å². The SMILES string of the molecule is CC(C)(C)OC(=O)Nc1ccccc1-c1ncnc2c1ncn2[C@@H]1O[C@H](COP(=O)(Oc2ccccc2)Oc2ccccc2)[C@H]2OC(C)(C)O[C@H]21. The molecule has 2 fully saturated rings. The molecule has 0 unspecified atom stereocenters. The number of carbonyl (C=O) groups excluding carboxylic acids is 1. The maximum atomic E-state index is 14.1. The van der Waals surface area contributed by atoms with E-state index in [9.17, 15) is 9.36 Å². The van der Waals surface area contributed by atoms with E-state index < -0.39 is 49.8 Å². The summed E-state index contributed by atoms with van der Waals surface area (Å²) in [5.74, 6) is -0.335. The second-order valence-electron chi connectivity index (χ2n) is 13.4. The molecule has 51 heavy (non-hydrogen) atoms. The standard InChI is InChI=1S/C36H38N5O9P/c1-35(2,3)48-34(42)40-26-19-13-12-18-25(26)28-29-32(38-21-37-28)41(22-39-29)33-31-30(46-36(4,5)47-31)27(45-33)20-44-51(43,49-23-14-8-6-9-15-23)50-24-16-10-7-11-17-24/h6-19,21-22,27,30-31,33H,20H2,1-5H3,(H,40,42)/t27-,30-,31-,33-/m1/s1. The van der Waals surface area contributed by atoms with Crippen LogP contribution in [0.15, 0.2) is 97.6 Å². The fourth-order valence-corrected chi connectivity index (χ4v) is 7.15. The number of phosphoric acid groups is 1. The lowest BCUT2D eigenvalue weighted by atomic mass is 10.1. The Morgan fingerprint density at radius 1 is 0.882 bits per heavy atom. The van der Waals surface area contributed by atoms with Crippen molar-refractivity contribution in [1.82, 2.24) is 19.5 Å². The van der Waals surface area contributed by atoms with Crippen LogP contribution in [0.5, 0.6) is 11.5 Å². The Morgan fingerprint density at radius 2 is 1.51 bits per heavy atom. The molecule has 0 radical (unpaired) electrons. The van der Waals surface area contributed by atoms with Gasteiger partial charge in [-0.15, -0.1) is 0 Å².